The van der Waals surface area contributed by atoms with Crippen molar-refractivity contribution in [1.82, 2.24) is 4.90 Å². The second-order valence-electron chi connectivity index (χ2n) is 4.85. The molecule has 0 radical (unpaired) electrons. The third-order valence-corrected chi connectivity index (χ3v) is 2.91. The van der Waals surface area contributed by atoms with Crippen LogP contribution in [0.15, 0.2) is 35.5 Å². The van der Waals surface area contributed by atoms with Crippen molar-refractivity contribution in [2.45, 2.75) is 26.0 Å². The third-order valence-electron chi connectivity index (χ3n) is 2.91. The first-order chi connectivity index (χ1) is 10.7. The summed E-state index contributed by atoms with van der Waals surface area (Å²) in [6, 6.07) is 3.67. The number of hydrogen-bond acceptors (Lipinski definition) is 6. The number of carbonyl (C=O) groups is 1. The Labute approximate surface area is 131 Å². The molecule has 0 fully saturated rings. The van der Waals surface area contributed by atoms with Gasteiger partial charge in [-0.25, -0.2) is 0 Å². The van der Waals surface area contributed by atoms with Crippen LogP contribution >= 0.6 is 0 Å². The third kappa shape index (κ3) is 7.97. The molecule has 1 aromatic rings. The van der Waals surface area contributed by atoms with Crippen LogP contribution in [0.1, 0.15) is 19.1 Å². The van der Waals surface area contributed by atoms with Gasteiger partial charge in [0.25, 0.3) is 0 Å². The summed E-state index contributed by atoms with van der Waals surface area (Å²) in [4.78, 5) is 13.4. The smallest absolute Gasteiger partial charge is 0.307 e. The van der Waals surface area contributed by atoms with Crippen molar-refractivity contribution in [2.75, 3.05) is 32.9 Å². The Morgan fingerprint density at radius 2 is 2.41 bits per heavy atom. The molecular weight excluding hydrogens is 286 g/mol. The van der Waals surface area contributed by atoms with Crippen LogP contribution in [0.4, 0.5) is 0 Å². The molecular formula is C16H25NO5. The molecule has 0 spiro atoms. The molecule has 1 atom stereocenters. The number of carbonyl (C=O) groups excluding carboxylic acids is 1. The van der Waals surface area contributed by atoms with Crippen molar-refractivity contribution in [3.63, 3.8) is 0 Å². The van der Waals surface area contributed by atoms with Crippen LogP contribution in [0.25, 0.3) is 0 Å². The van der Waals surface area contributed by atoms with E-state index in [1.54, 1.807) is 19.3 Å². The predicted molar refractivity (Wildman–Crippen MR) is 82.3 cm³/mol. The summed E-state index contributed by atoms with van der Waals surface area (Å²) in [5.74, 6) is 0.535. The van der Waals surface area contributed by atoms with Gasteiger partial charge in [-0.15, -0.1) is 6.58 Å². The van der Waals surface area contributed by atoms with Gasteiger partial charge in [0.2, 0.25) is 0 Å². The lowest BCUT2D eigenvalue weighted by Crippen LogP contribution is -2.36. The first-order valence-electron chi connectivity index (χ1n) is 7.42. The van der Waals surface area contributed by atoms with E-state index >= 15 is 0 Å². The number of esters is 1. The molecule has 124 valence electrons. The molecule has 0 aromatic carbocycles. The van der Waals surface area contributed by atoms with E-state index in [1.165, 1.54) is 0 Å². The largest absolute Gasteiger partial charge is 0.468 e. The predicted octanol–water partition coefficient (Wildman–Crippen LogP) is 1.60. The summed E-state index contributed by atoms with van der Waals surface area (Å²) in [6.07, 6.45) is 2.86. The number of aliphatic hydroxyl groups excluding tert-OH is 1. The Morgan fingerprint density at radius 1 is 1.59 bits per heavy atom. The Morgan fingerprint density at radius 3 is 3.05 bits per heavy atom. The highest BCUT2D eigenvalue weighted by atomic mass is 16.5. The maximum absolute atomic E-state index is 11.5. The van der Waals surface area contributed by atoms with E-state index in [1.807, 2.05) is 17.0 Å². The van der Waals surface area contributed by atoms with Crippen LogP contribution in [-0.2, 0) is 20.8 Å². The van der Waals surface area contributed by atoms with Crippen molar-refractivity contribution in [1.29, 1.82) is 0 Å². The van der Waals surface area contributed by atoms with Crippen LogP contribution in [0, 0.1) is 0 Å². The van der Waals surface area contributed by atoms with Gasteiger partial charge < -0.3 is 19.0 Å². The molecule has 0 bridgehead atoms. The fourth-order valence-corrected chi connectivity index (χ4v) is 1.98. The number of aliphatic hydroxyl groups is 1. The SMILES string of the molecule is C=CCOCC(O)CN(CCC(=O)OCC)Cc1ccco1. The van der Waals surface area contributed by atoms with Crippen LogP contribution in [0.2, 0.25) is 0 Å². The molecule has 1 N–H and O–H groups in total. The second-order valence-corrected chi connectivity index (χ2v) is 4.85. The van der Waals surface area contributed by atoms with Crippen LogP contribution in [-0.4, -0.2) is 55.0 Å². The molecule has 0 aliphatic rings. The number of ether oxygens (including phenoxy) is 2. The minimum atomic E-state index is -0.642. The summed E-state index contributed by atoms with van der Waals surface area (Å²) in [5, 5.41) is 10.00. The molecule has 6 nitrogen and oxygen atoms in total. The normalized spacial score (nSPS) is 12.3. The van der Waals surface area contributed by atoms with Crippen molar-refractivity contribution >= 4 is 5.97 Å². The molecule has 1 rings (SSSR count). The van der Waals surface area contributed by atoms with Gasteiger partial charge in [-0.3, -0.25) is 9.69 Å². The average Bonchev–Trinajstić information content (AvgIpc) is 2.98. The maximum atomic E-state index is 11.5. The fraction of sp³-hybridized carbons (Fsp3) is 0.562. The molecule has 0 aliphatic heterocycles. The quantitative estimate of drug-likeness (QED) is 0.359. The van der Waals surface area contributed by atoms with Crippen LogP contribution in [0.3, 0.4) is 0 Å². The van der Waals surface area contributed by atoms with Gasteiger partial charge in [0, 0.05) is 13.1 Å². The number of nitrogens with zero attached hydrogens (tertiary/aromatic N) is 1. The summed E-state index contributed by atoms with van der Waals surface area (Å²) >= 11 is 0. The highest BCUT2D eigenvalue weighted by Gasteiger charge is 2.15. The van der Waals surface area contributed by atoms with E-state index in [0.717, 1.165) is 5.76 Å². The minimum absolute atomic E-state index is 0.222. The summed E-state index contributed by atoms with van der Waals surface area (Å²) in [5.41, 5.74) is 0. The Bertz CT molecular complexity index is 418. The van der Waals surface area contributed by atoms with E-state index in [-0.39, 0.29) is 19.0 Å². The highest BCUT2D eigenvalue weighted by Crippen LogP contribution is 2.07. The Kier molecular flexibility index (Phi) is 9.21. The van der Waals surface area contributed by atoms with Crippen molar-refractivity contribution < 1.29 is 23.8 Å². The topological polar surface area (TPSA) is 72.1 Å². The second kappa shape index (κ2) is 11.0. The van der Waals surface area contributed by atoms with Gasteiger partial charge in [0.05, 0.1) is 45.2 Å². The van der Waals surface area contributed by atoms with Gasteiger partial charge in [-0.2, -0.15) is 0 Å². The van der Waals surface area contributed by atoms with Gasteiger partial charge in [-0.05, 0) is 19.1 Å². The van der Waals surface area contributed by atoms with E-state index in [9.17, 15) is 9.90 Å². The molecule has 6 heteroatoms. The lowest BCUT2D eigenvalue weighted by Gasteiger charge is -2.23. The maximum Gasteiger partial charge on any atom is 0.307 e. The van der Waals surface area contributed by atoms with Gasteiger partial charge in [0.1, 0.15) is 5.76 Å². The molecule has 1 heterocycles. The van der Waals surface area contributed by atoms with E-state index < -0.39 is 6.10 Å². The van der Waals surface area contributed by atoms with E-state index in [0.29, 0.717) is 32.8 Å². The van der Waals surface area contributed by atoms with Crippen molar-refractivity contribution in [2.24, 2.45) is 0 Å². The molecule has 22 heavy (non-hydrogen) atoms. The average molecular weight is 311 g/mol. The molecule has 1 unspecified atom stereocenters. The number of furan rings is 1. The Balaban J connectivity index is 2.45. The summed E-state index contributed by atoms with van der Waals surface area (Å²) in [6.45, 7) is 7.71. The van der Waals surface area contributed by atoms with E-state index in [4.69, 9.17) is 13.9 Å². The zero-order valence-corrected chi connectivity index (χ0v) is 13.1. The molecule has 0 saturated carbocycles. The molecule has 0 aliphatic carbocycles. The highest BCUT2D eigenvalue weighted by molar-refractivity contribution is 5.69. The standard InChI is InChI=1S/C16H25NO5/c1-3-9-20-13-14(18)11-17(8-7-16(19)21-4-2)12-15-6-5-10-22-15/h3,5-6,10,14,18H,1,4,7-9,11-13H2,2H3. The van der Waals surface area contributed by atoms with Crippen molar-refractivity contribution in [3.8, 4) is 0 Å². The summed E-state index contributed by atoms with van der Waals surface area (Å²) < 4.78 is 15.5. The number of hydrogen-bond donors (Lipinski definition) is 1. The Hall–Kier alpha value is -1.63. The monoisotopic (exact) mass is 311 g/mol. The first-order valence-corrected chi connectivity index (χ1v) is 7.42. The van der Waals surface area contributed by atoms with Crippen LogP contribution < -0.4 is 0 Å². The van der Waals surface area contributed by atoms with Gasteiger partial charge in [0.15, 0.2) is 0 Å². The minimum Gasteiger partial charge on any atom is -0.468 e. The number of rotatable bonds is 12. The zero-order chi connectivity index (χ0) is 16.2. The van der Waals surface area contributed by atoms with Crippen LogP contribution in [0.5, 0.6) is 0 Å². The molecule has 0 amide bonds. The first kappa shape index (κ1) is 18.4. The van der Waals surface area contributed by atoms with Gasteiger partial charge in [-0.1, -0.05) is 6.08 Å². The van der Waals surface area contributed by atoms with Crippen molar-refractivity contribution in [3.05, 3.63) is 36.8 Å². The molecule has 1 aromatic heterocycles. The lowest BCUT2D eigenvalue weighted by atomic mass is 10.3. The fourth-order valence-electron chi connectivity index (χ4n) is 1.98. The zero-order valence-electron chi connectivity index (χ0n) is 13.1. The summed E-state index contributed by atoms with van der Waals surface area (Å²) in [7, 11) is 0. The lowest BCUT2D eigenvalue weighted by molar-refractivity contribution is -0.143. The van der Waals surface area contributed by atoms with Gasteiger partial charge >= 0.3 is 5.97 Å². The molecule has 0 saturated heterocycles. The van der Waals surface area contributed by atoms with E-state index in [2.05, 4.69) is 6.58 Å².